The first-order valence-corrected chi connectivity index (χ1v) is 6.62. The molecule has 1 aliphatic rings. The standard InChI is InChI=1S/C14H19N3O/c15-6-1-7-18-9-11-2-5-14-13(8-11)16-10-17(14)12-3-4-12/h2,5,8,10,12H,1,3-4,6-7,9,15H2. The summed E-state index contributed by atoms with van der Waals surface area (Å²) in [4.78, 5) is 4.47. The van der Waals surface area contributed by atoms with E-state index in [2.05, 4.69) is 27.8 Å². The Morgan fingerprint density at radius 3 is 3.06 bits per heavy atom. The molecular weight excluding hydrogens is 226 g/mol. The average molecular weight is 245 g/mol. The van der Waals surface area contributed by atoms with Gasteiger partial charge in [-0.25, -0.2) is 4.98 Å². The summed E-state index contributed by atoms with van der Waals surface area (Å²) in [6, 6.07) is 7.09. The molecule has 4 heteroatoms. The van der Waals surface area contributed by atoms with E-state index in [9.17, 15) is 0 Å². The zero-order valence-corrected chi connectivity index (χ0v) is 10.5. The van der Waals surface area contributed by atoms with Crippen LogP contribution in [0.3, 0.4) is 0 Å². The van der Waals surface area contributed by atoms with Gasteiger partial charge >= 0.3 is 0 Å². The molecule has 3 rings (SSSR count). The average Bonchev–Trinajstić information content (AvgIpc) is 3.15. The number of hydrogen-bond donors (Lipinski definition) is 1. The molecule has 1 aliphatic carbocycles. The van der Waals surface area contributed by atoms with Crippen LogP contribution in [0.2, 0.25) is 0 Å². The first-order valence-electron chi connectivity index (χ1n) is 6.62. The maximum atomic E-state index is 5.56. The molecule has 1 fully saturated rings. The van der Waals surface area contributed by atoms with Crippen molar-refractivity contribution in [2.75, 3.05) is 13.2 Å². The molecule has 2 aromatic rings. The van der Waals surface area contributed by atoms with Crippen LogP contribution in [0.1, 0.15) is 30.9 Å². The smallest absolute Gasteiger partial charge is 0.0960 e. The highest BCUT2D eigenvalue weighted by atomic mass is 16.5. The van der Waals surface area contributed by atoms with E-state index in [-0.39, 0.29) is 0 Å². The Bertz CT molecular complexity index is 531. The van der Waals surface area contributed by atoms with Crippen LogP contribution in [0.25, 0.3) is 11.0 Å². The molecule has 1 saturated carbocycles. The number of nitrogens with two attached hydrogens (primary N) is 1. The Labute approximate surface area is 107 Å². The number of nitrogens with zero attached hydrogens (tertiary/aromatic N) is 2. The minimum atomic E-state index is 0.645. The third-order valence-electron chi connectivity index (χ3n) is 3.34. The number of benzene rings is 1. The molecule has 1 heterocycles. The van der Waals surface area contributed by atoms with Crippen molar-refractivity contribution in [2.45, 2.75) is 31.9 Å². The third-order valence-corrected chi connectivity index (χ3v) is 3.34. The van der Waals surface area contributed by atoms with Crippen molar-refractivity contribution in [3.8, 4) is 0 Å². The van der Waals surface area contributed by atoms with E-state index in [1.54, 1.807) is 0 Å². The highest BCUT2D eigenvalue weighted by Gasteiger charge is 2.24. The Morgan fingerprint density at radius 1 is 1.39 bits per heavy atom. The number of imidazole rings is 1. The van der Waals surface area contributed by atoms with Crippen LogP contribution in [0, 0.1) is 0 Å². The summed E-state index contributed by atoms with van der Waals surface area (Å²) in [5.41, 5.74) is 8.92. The summed E-state index contributed by atoms with van der Waals surface area (Å²) < 4.78 is 7.85. The zero-order chi connectivity index (χ0) is 12.4. The second kappa shape index (κ2) is 5.08. The molecule has 0 atom stereocenters. The number of rotatable bonds is 6. The van der Waals surface area contributed by atoms with Gasteiger partial charge in [0.05, 0.1) is 24.0 Å². The van der Waals surface area contributed by atoms with Crippen molar-refractivity contribution in [3.63, 3.8) is 0 Å². The van der Waals surface area contributed by atoms with Gasteiger partial charge in [0.25, 0.3) is 0 Å². The van der Waals surface area contributed by atoms with Crippen molar-refractivity contribution in [2.24, 2.45) is 5.73 Å². The Morgan fingerprint density at radius 2 is 2.28 bits per heavy atom. The molecule has 1 aromatic heterocycles. The maximum absolute atomic E-state index is 5.56. The fourth-order valence-corrected chi connectivity index (χ4v) is 2.19. The SMILES string of the molecule is NCCCOCc1ccc2c(c1)ncn2C1CC1. The molecule has 0 radical (unpaired) electrons. The number of aromatic nitrogens is 2. The molecule has 18 heavy (non-hydrogen) atoms. The van der Waals surface area contributed by atoms with E-state index >= 15 is 0 Å². The van der Waals surface area contributed by atoms with Crippen molar-refractivity contribution in [3.05, 3.63) is 30.1 Å². The first-order chi connectivity index (χ1) is 8.88. The summed E-state index contributed by atoms with van der Waals surface area (Å²) in [6.07, 6.45) is 5.45. The van der Waals surface area contributed by atoms with Gasteiger partial charge < -0.3 is 15.0 Å². The van der Waals surface area contributed by atoms with E-state index in [0.29, 0.717) is 19.2 Å². The molecule has 0 bridgehead atoms. The molecule has 4 nitrogen and oxygen atoms in total. The number of ether oxygens (including phenoxy) is 1. The lowest BCUT2D eigenvalue weighted by molar-refractivity contribution is 0.120. The van der Waals surface area contributed by atoms with Gasteiger partial charge in [-0.3, -0.25) is 0 Å². The second-order valence-electron chi connectivity index (χ2n) is 4.90. The van der Waals surface area contributed by atoms with E-state index in [4.69, 9.17) is 10.5 Å². The summed E-state index contributed by atoms with van der Waals surface area (Å²) >= 11 is 0. The second-order valence-corrected chi connectivity index (χ2v) is 4.90. The minimum Gasteiger partial charge on any atom is -0.377 e. The van der Waals surface area contributed by atoms with Gasteiger partial charge in [0.15, 0.2) is 0 Å². The largest absolute Gasteiger partial charge is 0.377 e. The van der Waals surface area contributed by atoms with Crippen molar-refractivity contribution >= 4 is 11.0 Å². The van der Waals surface area contributed by atoms with Crippen LogP contribution in [-0.4, -0.2) is 22.7 Å². The first kappa shape index (κ1) is 11.7. The van der Waals surface area contributed by atoms with Crippen LogP contribution >= 0.6 is 0 Å². The Kier molecular flexibility index (Phi) is 3.30. The van der Waals surface area contributed by atoms with E-state index in [1.807, 2.05) is 6.33 Å². The molecule has 0 unspecified atom stereocenters. The monoisotopic (exact) mass is 245 g/mol. The fraction of sp³-hybridized carbons (Fsp3) is 0.500. The Balaban J connectivity index is 1.71. The molecule has 0 saturated heterocycles. The van der Waals surface area contributed by atoms with Gasteiger partial charge in [-0.1, -0.05) is 6.07 Å². The summed E-state index contributed by atoms with van der Waals surface area (Å²) in [7, 11) is 0. The third kappa shape index (κ3) is 2.40. The van der Waals surface area contributed by atoms with Crippen molar-refractivity contribution in [1.82, 2.24) is 9.55 Å². The summed E-state index contributed by atoms with van der Waals surface area (Å²) in [5.74, 6) is 0. The van der Waals surface area contributed by atoms with Gasteiger partial charge in [-0.2, -0.15) is 0 Å². The zero-order valence-electron chi connectivity index (χ0n) is 10.5. The van der Waals surface area contributed by atoms with Gasteiger partial charge in [-0.05, 0) is 43.5 Å². The molecule has 2 N–H and O–H groups in total. The summed E-state index contributed by atoms with van der Waals surface area (Å²) in [5, 5.41) is 0. The number of fused-ring (bicyclic) bond motifs is 1. The predicted octanol–water partition coefficient (Wildman–Crippen LogP) is 2.24. The van der Waals surface area contributed by atoms with Gasteiger partial charge in [0.1, 0.15) is 0 Å². The van der Waals surface area contributed by atoms with Gasteiger partial charge in [-0.15, -0.1) is 0 Å². The van der Waals surface area contributed by atoms with Gasteiger partial charge in [0, 0.05) is 12.6 Å². The Hall–Kier alpha value is -1.39. The van der Waals surface area contributed by atoms with Crippen LogP contribution < -0.4 is 5.73 Å². The highest BCUT2D eigenvalue weighted by Crippen LogP contribution is 2.37. The molecule has 0 spiro atoms. The van der Waals surface area contributed by atoms with Crippen molar-refractivity contribution < 1.29 is 4.74 Å². The van der Waals surface area contributed by atoms with Crippen molar-refractivity contribution in [1.29, 1.82) is 0 Å². The van der Waals surface area contributed by atoms with Crippen LogP contribution in [0.4, 0.5) is 0 Å². The number of hydrogen-bond acceptors (Lipinski definition) is 3. The van der Waals surface area contributed by atoms with Gasteiger partial charge in [0.2, 0.25) is 0 Å². The quantitative estimate of drug-likeness (QED) is 0.794. The molecule has 0 amide bonds. The van der Waals surface area contributed by atoms with E-state index in [1.165, 1.54) is 23.9 Å². The molecule has 0 aliphatic heterocycles. The topological polar surface area (TPSA) is 53.1 Å². The van der Waals surface area contributed by atoms with E-state index < -0.39 is 0 Å². The lowest BCUT2D eigenvalue weighted by atomic mass is 10.2. The van der Waals surface area contributed by atoms with E-state index in [0.717, 1.165) is 18.5 Å². The van der Waals surface area contributed by atoms with Crippen LogP contribution in [0.15, 0.2) is 24.5 Å². The summed E-state index contributed by atoms with van der Waals surface area (Å²) in [6.45, 7) is 2.06. The lowest BCUT2D eigenvalue weighted by Gasteiger charge is -2.04. The lowest BCUT2D eigenvalue weighted by Crippen LogP contribution is -2.04. The molecule has 1 aromatic carbocycles. The predicted molar refractivity (Wildman–Crippen MR) is 71.3 cm³/mol. The fourth-order valence-electron chi connectivity index (χ4n) is 2.19. The maximum Gasteiger partial charge on any atom is 0.0960 e. The molecule has 96 valence electrons. The normalized spacial score (nSPS) is 15.4. The molecular formula is C14H19N3O. The highest BCUT2D eigenvalue weighted by molar-refractivity contribution is 5.76. The minimum absolute atomic E-state index is 0.645. The van der Waals surface area contributed by atoms with Crippen LogP contribution in [-0.2, 0) is 11.3 Å². The van der Waals surface area contributed by atoms with Crippen LogP contribution in [0.5, 0.6) is 0 Å².